The van der Waals surface area contributed by atoms with Crippen molar-refractivity contribution in [2.75, 3.05) is 26.2 Å². The van der Waals surface area contributed by atoms with Gasteiger partial charge in [-0.3, -0.25) is 4.90 Å². The molecule has 1 atom stereocenters. The molecule has 0 bridgehead atoms. The number of likely N-dealkylation sites (tertiary alicyclic amines) is 1. The Labute approximate surface area is 99.5 Å². The van der Waals surface area contributed by atoms with Gasteiger partial charge in [0.1, 0.15) is 0 Å². The van der Waals surface area contributed by atoms with Gasteiger partial charge >= 0.3 is 0 Å². The minimum atomic E-state index is -0.502. The molecule has 0 amide bonds. The minimum Gasteiger partial charge on any atom is -0.389 e. The van der Waals surface area contributed by atoms with Crippen LogP contribution in [0.1, 0.15) is 34.1 Å². The van der Waals surface area contributed by atoms with Crippen molar-refractivity contribution < 1.29 is 5.11 Å². The van der Waals surface area contributed by atoms with Crippen LogP contribution in [0.15, 0.2) is 12.2 Å². The lowest BCUT2D eigenvalue weighted by Gasteiger charge is -2.24. The summed E-state index contributed by atoms with van der Waals surface area (Å²) in [7, 11) is 0. The van der Waals surface area contributed by atoms with Crippen LogP contribution < -0.4 is 5.32 Å². The lowest BCUT2D eigenvalue weighted by Crippen LogP contribution is -2.39. The van der Waals surface area contributed by atoms with E-state index in [0.29, 0.717) is 0 Å². The SMILES string of the molecule is C=C(CNC(C)(C)C)CN1CCC(C)(O)C1. The minimum absolute atomic E-state index is 0.138. The fourth-order valence-corrected chi connectivity index (χ4v) is 1.94. The zero-order valence-corrected chi connectivity index (χ0v) is 11.1. The maximum absolute atomic E-state index is 9.85. The Kier molecular flexibility index (Phi) is 4.16. The zero-order valence-electron chi connectivity index (χ0n) is 11.1. The van der Waals surface area contributed by atoms with Gasteiger partial charge in [0.2, 0.25) is 0 Å². The number of aliphatic hydroxyl groups is 1. The number of β-amino-alcohol motifs (C(OH)–C–C–N with tert-alkyl or cyclic N) is 1. The van der Waals surface area contributed by atoms with Crippen LogP contribution in [0.25, 0.3) is 0 Å². The molecule has 0 aromatic heterocycles. The van der Waals surface area contributed by atoms with Crippen molar-refractivity contribution >= 4 is 0 Å². The number of nitrogens with zero attached hydrogens (tertiary/aromatic N) is 1. The molecular weight excluding hydrogens is 200 g/mol. The van der Waals surface area contributed by atoms with Gasteiger partial charge in [-0.15, -0.1) is 0 Å². The van der Waals surface area contributed by atoms with E-state index in [2.05, 4.69) is 37.6 Å². The van der Waals surface area contributed by atoms with Gasteiger partial charge in [0.15, 0.2) is 0 Å². The summed E-state index contributed by atoms with van der Waals surface area (Å²) in [6.07, 6.45) is 0.868. The van der Waals surface area contributed by atoms with Gasteiger partial charge in [0.05, 0.1) is 5.60 Å². The van der Waals surface area contributed by atoms with Crippen LogP contribution in [0.5, 0.6) is 0 Å². The third-order valence-corrected chi connectivity index (χ3v) is 2.85. The predicted molar refractivity (Wildman–Crippen MR) is 68.6 cm³/mol. The lowest BCUT2D eigenvalue weighted by molar-refractivity contribution is 0.0699. The van der Waals surface area contributed by atoms with Crippen LogP contribution in [0.3, 0.4) is 0 Å². The topological polar surface area (TPSA) is 35.5 Å². The third kappa shape index (κ3) is 5.10. The molecule has 1 unspecified atom stereocenters. The smallest absolute Gasteiger partial charge is 0.0758 e. The second kappa shape index (κ2) is 4.86. The van der Waals surface area contributed by atoms with Crippen molar-refractivity contribution in [3.63, 3.8) is 0 Å². The summed E-state index contributed by atoms with van der Waals surface area (Å²) in [5.74, 6) is 0. The summed E-state index contributed by atoms with van der Waals surface area (Å²) in [6, 6.07) is 0. The summed E-state index contributed by atoms with van der Waals surface area (Å²) in [5.41, 5.74) is 0.824. The molecule has 0 radical (unpaired) electrons. The fourth-order valence-electron chi connectivity index (χ4n) is 1.94. The van der Waals surface area contributed by atoms with Crippen LogP contribution >= 0.6 is 0 Å². The molecule has 1 saturated heterocycles. The Morgan fingerprint density at radius 2 is 2.12 bits per heavy atom. The maximum atomic E-state index is 9.85. The largest absolute Gasteiger partial charge is 0.389 e. The first-order chi connectivity index (χ1) is 7.18. The molecule has 0 spiro atoms. The predicted octanol–water partition coefficient (Wildman–Crippen LogP) is 1.39. The molecule has 2 N–H and O–H groups in total. The van der Waals surface area contributed by atoms with E-state index in [0.717, 1.165) is 32.6 Å². The van der Waals surface area contributed by atoms with E-state index < -0.39 is 5.60 Å². The monoisotopic (exact) mass is 226 g/mol. The first-order valence-electron chi connectivity index (χ1n) is 6.04. The highest BCUT2D eigenvalue weighted by molar-refractivity contribution is 5.03. The van der Waals surface area contributed by atoms with Crippen LogP contribution in [-0.2, 0) is 0 Å². The van der Waals surface area contributed by atoms with E-state index in [4.69, 9.17) is 0 Å². The van der Waals surface area contributed by atoms with Gasteiger partial charge in [0, 0.05) is 31.7 Å². The number of hydrogen-bond donors (Lipinski definition) is 2. The highest BCUT2D eigenvalue weighted by atomic mass is 16.3. The molecule has 3 heteroatoms. The van der Waals surface area contributed by atoms with Crippen LogP contribution in [0, 0.1) is 0 Å². The molecule has 94 valence electrons. The maximum Gasteiger partial charge on any atom is 0.0758 e. The number of hydrogen-bond acceptors (Lipinski definition) is 3. The summed E-state index contributed by atoms with van der Waals surface area (Å²) >= 11 is 0. The third-order valence-electron chi connectivity index (χ3n) is 2.85. The van der Waals surface area contributed by atoms with Crippen molar-refractivity contribution in [2.45, 2.75) is 45.3 Å². The average Bonchev–Trinajstić information content (AvgIpc) is 2.41. The number of rotatable bonds is 4. The molecule has 1 fully saturated rings. The normalized spacial score (nSPS) is 27.3. The Bertz CT molecular complexity index is 253. The Hall–Kier alpha value is -0.380. The molecule has 1 aliphatic rings. The summed E-state index contributed by atoms with van der Waals surface area (Å²) in [5, 5.41) is 13.3. The van der Waals surface area contributed by atoms with E-state index >= 15 is 0 Å². The van der Waals surface area contributed by atoms with Gasteiger partial charge in [-0.25, -0.2) is 0 Å². The van der Waals surface area contributed by atoms with Gasteiger partial charge in [0.25, 0.3) is 0 Å². The van der Waals surface area contributed by atoms with Crippen molar-refractivity contribution in [3.05, 3.63) is 12.2 Å². The fraction of sp³-hybridized carbons (Fsp3) is 0.846. The quantitative estimate of drug-likeness (QED) is 0.711. The average molecular weight is 226 g/mol. The molecule has 0 aliphatic carbocycles. The zero-order chi connectivity index (χ0) is 12.4. The van der Waals surface area contributed by atoms with Crippen molar-refractivity contribution in [1.29, 1.82) is 0 Å². The Morgan fingerprint density at radius 1 is 1.50 bits per heavy atom. The van der Waals surface area contributed by atoms with Gasteiger partial charge in [-0.05, 0) is 39.7 Å². The van der Waals surface area contributed by atoms with Crippen molar-refractivity contribution in [3.8, 4) is 0 Å². The Balaban J connectivity index is 2.26. The van der Waals surface area contributed by atoms with Crippen LogP contribution in [-0.4, -0.2) is 47.3 Å². The molecular formula is C13H26N2O. The molecule has 1 rings (SSSR count). The molecule has 16 heavy (non-hydrogen) atoms. The summed E-state index contributed by atoms with van der Waals surface area (Å²) in [6.45, 7) is 15.9. The van der Waals surface area contributed by atoms with Crippen LogP contribution in [0.2, 0.25) is 0 Å². The lowest BCUT2D eigenvalue weighted by atomic mass is 10.1. The van der Waals surface area contributed by atoms with E-state index in [9.17, 15) is 5.11 Å². The highest BCUT2D eigenvalue weighted by Crippen LogP contribution is 2.20. The van der Waals surface area contributed by atoms with Gasteiger partial charge in [-0.2, -0.15) is 0 Å². The first kappa shape index (κ1) is 13.7. The second-order valence-electron chi connectivity index (χ2n) is 6.31. The van der Waals surface area contributed by atoms with E-state index in [-0.39, 0.29) is 5.54 Å². The van der Waals surface area contributed by atoms with E-state index in [1.165, 1.54) is 5.57 Å². The van der Waals surface area contributed by atoms with E-state index in [1.807, 2.05) is 6.92 Å². The second-order valence-corrected chi connectivity index (χ2v) is 6.31. The standard InChI is InChI=1S/C13H26N2O/c1-11(8-14-12(2,3)4)9-15-7-6-13(5,16)10-15/h14,16H,1,6-10H2,2-5H3. The first-order valence-corrected chi connectivity index (χ1v) is 6.04. The molecule has 1 aliphatic heterocycles. The molecule has 3 nitrogen and oxygen atoms in total. The number of nitrogens with one attached hydrogen (secondary N) is 1. The highest BCUT2D eigenvalue weighted by Gasteiger charge is 2.31. The van der Waals surface area contributed by atoms with Gasteiger partial charge < -0.3 is 10.4 Å². The van der Waals surface area contributed by atoms with Gasteiger partial charge in [-0.1, -0.05) is 6.58 Å². The molecule has 0 saturated carbocycles. The molecule has 0 aromatic rings. The van der Waals surface area contributed by atoms with Crippen molar-refractivity contribution in [2.24, 2.45) is 0 Å². The van der Waals surface area contributed by atoms with E-state index in [1.54, 1.807) is 0 Å². The van der Waals surface area contributed by atoms with Crippen molar-refractivity contribution in [1.82, 2.24) is 10.2 Å². The molecule has 1 heterocycles. The summed E-state index contributed by atoms with van der Waals surface area (Å²) in [4.78, 5) is 2.27. The summed E-state index contributed by atoms with van der Waals surface area (Å²) < 4.78 is 0. The van der Waals surface area contributed by atoms with Crippen LogP contribution in [0.4, 0.5) is 0 Å². The Morgan fingerprint density at radius 3 is 2.56 bits per heavy atom. The molecule has 0 aromatic carbocycles.